The molecular weight excluding hydrogens is 328 g/mol. The van der Waals surface area contributed by atoms with Gasteiger partial charge < -0.3 is 20.2 Å². The van der Waals surface area contributed by atoms with Crippen LogP contribution < -0.4 is 11.1 Å². The Kier molecular flexibility index (Phi) is 3.82. The summed E-state index contributed by atoms with van der Waals surface area (Å²) in [6.07, 6.45) is 0.521. The van der Waals surface area contributed by atoms with Gasteiger partial charge in [0, 0.05) is 41.0 Å². The van der Waals surface area contributed by atoms with E-state index in [0.717, 1.165) is 21.9 Å². The van der Waals surface area contributed by atoms with Crippen LogP contribution in [0.1, 0.15) is 27.2 Å². The van der Waals surface area contributed by atoms with Crippen molar-refractivity contribution in [2.45, 2.75) is 38.8 Å². The molecule has 5 heteroatoms. The Labute approximate surface area is 152 Å². The molecule has 1 aliphatic rings. The highest BCUT2D eigenvalue weighted by Crippen LogP contribution is 2.50. The van der Waals surface area contributed by atoms with Gasteiger partial charge in [0.2, 0.25) is 5.91 Å². The summed E-state index contributed by atoms with van der Waals surface area (Å²) >= 11 is 0. The first-order valence-electron chi connectivity index (χ1n) is 9.00. The van der Waals surface area contributed by atoms with Gasteiger partial charge in [-0.15, -0.1) is 0 Å². The molecule has 1 fully saturated rings. The average molecular weight is 352 g/mol. The molecule has 1 aliphatic carbocycles. The van der Waals surface area contributed by atoms with Crippen LogP contribution in [0.3, 0.4) is 0 Å². The van der Waals surface area contributed by atoms with E-state index in [1.54, 1.807) is 0 Å². The third kappa shape index (κ3) is 2.35. The molecule has 3 aromatic rings. The molecule has 1 aromatic heterocycles. The van der Waals surface area contributed by atoms with Crippen LogP contribution in [-0.4, -0.2) is 24.2 Å². The van der Waals surface area contributed by atoms with E-state index in [1.165, 1.54) is 0 Å². The number of carbonyl (C=O) groups is 1. The zero-order valence-corrected chi connectivity index (χ0v) is 15.3. The molecule has 0 spiro atoms. The molecule has 0 radical (unpaired) electrons. The minimum absolute atomic E-state index is 0.00102. The first kappa shape index (κ1) is 17.1. The normalized spacial score (nSPS) is 24.5. The summed E-state index contributed by atoms with van der Waals surface area (Å²) in [7, 11) is 0. The number of nitrogens with one attached hydrogen (secondary N) is 1. The number of ether oxygens (including phenoxy) is 1. The summed E-state index contributed by atoms with van der Waals surface area (Å²) in [5.74, 6) is -0.186. The van der Waals surface area contributed by atoms with Gasteiger partial charge in [-0.05, 0) is 25.1 Å². The number of hydrogen-bond acceptors (Lipinski definition) is 4. The van der Waals surface area contributed by atoms with Crippen molar-refractivity contribution in [2.75, 3.05) is 11.9 Å². The molecule has 2 aromatic carbocycles. The van der Waals surface area contributed by atoms with Crippen molar-refractivity contribution in [1.82, 2.24) is 0 Å². The third-order valence-electron chi connectivity index (χ3n) is 5.87. The Hall–Kier alpha value is -2.37. The quantitative estimate of drug-likeness (QED) is 0.742. The van der Waals surface area contributed by atoms with Gasteiger partial charge in [-0.25, -0.2) is 0 Å². The SMILES string of the molecule is CCOC1CC(N)(C(=O)Nc2ccc3c(c2)oc2ccccc23)C1(C)C. The fraction of sp³-hybridized carbons (Fsp3) is 0.381. The number of carbonyl (C=O) groups excluding carboxylic acids is 1. The first-order chi connectivity index (χ1) is 12.4. The molecule has 5 nitrogen and oxygen atoms in total. The van der Waals surface area contributed by atoms with Crippen molar-refractivity contribution in [1.29, 1.82) is 0 Å². The third-order valence-corrected chi connectivity index (χ3v) is 5.87. The van der Waals surface area contributed by atoms with Crippen LogP contribution in [0.2, 0.25) is 0 Å². The van der Waals surface area contributed by atoms with E-state index in [1.807, 2.05) is 63.2 Å². The number of hydrogen-bond donors (Lipinski definition) is 2. The predicted octanol–water partition coefficient (Wildman–Crippen LogP) is 4.06. The Balaban J connectivity index is 1.59. The molecule has 1 heterocycles. The maximum Gasteiger partial charge on any atom is 0.245 e. The van der Waals surface area contributed by atoms with E-state index < -0.39 is 11.0 Å². The number of para-hydroxylation sites is 1. The first-order valence-corrected chi connectivity index (χ1v) is 9.00. The van der Waals surface area contributed by atoms with E-state index in [4.69, 9.17) is 14.9 Å². The molecular formula is C21H24N2O3. The van der Waals surface area contributed by atoms with Crippen LogP contribution in [0.25, 0.3) is 21.9 Å². The van der Waals surface area contributed by atoms with Gasteiger partial charge in [0.25, 0.3) is 0 Å². The molecule has 2 unspecified atom stereocenters. The minimum Gasteiger partial charge on any atom is -0.456 e. The number of amides is 1. The van der Waals surface area contributed by atoms with E-state index in [-0.39, 0.29) is 12.0 Å². The fourth-order valence-electron chi connectivity index (χ4n) is 3.87. The Bertz CT molecular complexity index is 991. The van der Waals surface area contributed by atoms with Gasteiger partial charge in [-0.1, -0.05) is 32.0 Å². The highest BCUT2D eigenvalue weighted by Gasteiger charge is 2.62. The van der Waals surface area contributed by atoms with Crippen molar-refractivity contribution in [3.63, 3.8) is 0 Å². The lowest BCUT2D eigenvalue weighted by Gasteiger charge is -2.57. The van der Waals surface area contributed by atoms with Crippen molar-refractivity contribution in [3.05, 3.63) is 42.5 Å². The van der Waals surface area contributed by atoms with Crippen molar-refractivity contribution >= 4 is 33.5 Å². The van der Waals surface area contributed by atoms with Crippen LogP contribution in [0.4, 0.5) is 5.69 Å². The maximum atomic E-state index is 12.9. The average Bonchev–Trinajstić information content (AvgIpc) is 2.99. The van der Waals surface area contributed by atoms with Gasteiger partial charge in [-0.3, -0.25) is 4.79 Å². The molecule has 1 amide bonds. The van der Waals surface area contributed by atoms with Gasteiger partial charge in [-0.2, -0.15) is 0 Å². The summed E-state index contributed by atoms with van der Waals surface area (Å²) in [6.45, 7) is 6.54. The van der Waals surface area contributed by atoms with Gasteiger partial charge in [0.15, 0.2) is 0 Å². The van der Waals surface area contributed by atoms with Crippen LogP contribution in [0, 0.1) is 5.41 Å². The lowest BCUT2D eigenvalue weighted by molar-refractivity contribution is -0.166. The Morgan fingerprint density at radius 2 is 1.96 bits per heavy atom. The number of nitrogens with two attached hydrogens (primary N) is 1. The van der Waals surface area contributed by atoms with Crippen LogP contribution >= 0.6 is 0 Å². The van der Waals surface area contributed by atoms with Gasteiger partial charge in [0.05, 0.1) is 6.10 Å². The maximum absolute atomic E-state index is 12.9. The summed E-state index contributed by atoms with van der Waals surface area (Å²) in [6, 6.07) is 13.6. The standard InChI is InChI=1S/C21H24N2O3/c1-4-25-18-12-21(22,20(18,2)3)19(24)23-13-9-10-15-14-7-5-6-8-16(14)26-17(15)11-13/h5-11,18H,4,12,22H2,1-3H3,(H,23,24). The van der Waals surface area contributed by atoms with Crippen molar-refractivity contribution in [2.24, 2.45) is 11.1 Å². The van der Waals surface area contributed by atoms with Crippen LogP contribution in [-0.2, 0) is 9.53 Å². The second-order valence-electron chi connectivity index (χ2n) is 7.60. The van der Waals surface area contributed by atoms with E-state index in [9.17, 15) is 4.79 Å². The van der Waals surface area contributed by atoms with Crippen LogP contribution in [0.5, 0.6) is 0 Å². The predicted molar refractivity (Wildman–Crippen MR) is 103 cm³/mol. The molecule has 3 N–H and O–H groups in total. The summed E-state index contributed by atoms with van der Waals surface area (Å²) in [5, 5.41) is 5.05. The zero-order valence-electron chi connectivity index (χ0n) is 15.3. The monoisotopic (exact) mass is 352 g/mol. The van der Waals surface area contributed by atoms with Gasteiger partial charge >= 0.3 is 0 Å². The molecule has 4 rings (SSSR count). The number of benzene rings is 2. The molecule has 2 atom stereocenters. The highest BCUT2D eigenvalue weighted by atomic mass is 16.5. The number of anilines is 1. The van der Waals surface area contributed by atoms with E-state index in [2.05, 4.69) is 5.32 Å². The number of rotatable bonds is 4. The molecule has 136 valence electrons. The molecule has 0 aliphatic heterocycles. The molecule has 0 bridgehead atoms. The summed E-state index contributed by atoms with van der Waals surface area (Å²) in [4.78, 5) is 12.9. The topological polar surface area (TPSA) is 77.5 Å². The lowest BCUT2D eigenvalue weighted by Crippen LogP contribution is -2.74. The molecule has 0 saturated heterocycles. The highest BCUT2D eigenvalue weighted by molar-refractivity contribution is 6.07. The second kappa shape index (κ2) is 5.83. The minimum atomic E-state index is -0.949. The Morgan fingerprint density at radius 3 is 2.69 bits per heavy atom. The summed E-state index contributed by atoms with van der Waals surface area (Å²) in [5.41, 5.74) is 7.34. The smallest absolute Gasteiger partial charge is 0.245 e. The van der Waals surface area contributed by atoms with Crippen LogP contribution in [0.15, 0.2) is 46.9 Å². The Morgan fingerprint density at radius 1 is 1.23 bits per heavy atom. The second-order valence-corrected chi connectivity index (χ2v) is 7.60. The number of fused-ring (bicyclic) bond motifs is 3. The van der Waals surface area contributed by atoms with E-state index in [0.29, 0.717) is 18.7 Å². The summed E-state index contributed by atoms with van der Waals surface area (Å²) < 4.78 is 11.6. The molecule has 26 heavy (non-hydrogen) atoms. The molecule has 1 saturated carbocycles. The van der Waals surface area contributed by atoms with E-state index >= 15 is 0 Å². The number of furan rings is 1. The van der Waals surface area contributed by atoms with Crippen molar-refractivity contribution < 1.29 is 13.9 Å². The fourth-order valence-corrected chi connectivity index (χ4v) is 3.87. The zero-order chi connectivity index (χ0) is 18.5. The van der Waals surface area contributed by atoms with Gasteiger partial charge in [0.1, 0.15) is 16.7 Å². The lowest BCUT2D eigenvalue weighted by atomic mass is 9.54. The largest absolute Gasteiger partial charge is 0.456 e. The van der Waals surface area contributed by atoms with Crippen molar-refractivity contribution in [3.8, 4) is 0 Å².